The Bertz CT molecular complexity index is 750. The second-order valence-electron chi connectivity index (χ2n) is 5.26. The molecule has 0 aliphatic heterocycles. The Morgan fingerprint density at radius 3 is 2.80 bits per heavy atom. The Labute approximate surface area is 148 Å². The van der Waals surface area contributed by atoms with Crippen LogP contribution in [0.4, 0.5) is 25.7 Å². The van der Waals surface area contributed by atoms with Crippen molar-refractivity contribution in [3.63, 3.8) is 0 Å². The number of rotatable bonds is 7. The summed E-state index contributed by atoms with van der Waals surface area (Å²) in [5.74, 6) is -0.771. The van der Waals surface area contributed by atoms with E-state index < -0.39 is 11.8 Å². The first-order valence-corrected chi connectivity index (χ1v) is 8.70. The number of benzene rings is 1. The van der Waals surface area contributed by atoms with Gasteiger partial charge in [-0.3, -0.25) is 4.79 Å². The first kappa shape index (κ1) is 18.7. The number of nitrogen functional groups attached to an aromatic ring is 1. The van der Waals surface area contributed by atoms with E-state index >= 15 is 0 Å². The van der Waals surface area contributed by atoms with E-state index in [9.17, 15) is 14.0 Å². The Hall–Kier alpha value is -2.68. The van der Waals surface area contributed by atoms with Crippen LogP contribution in [0.2, 0.25) is 0 Å². The molecule has 0 spiro atoms. The lowest BCUT2D eigenvalue weighted by atomic mass is 10.2. The number of hydrogen-bond acceptors (Lipinski definition) is 5. The van der Waals surface area contributed by atoms with Crippen molar-refractivity contribution < 1.29 is 14.0 Å². The predicted molar refractivity (Wildman–Crippen MR) is 97.2 cm³/mol. The smallest absolute Gasteiger partial charge is 0.319 e. The van der Waals surface area contributed by atoms with Gasteiger partial charge in [0, 0.05) is 24.0 Å². The minimum Gasteiger partial charge on any atom is -0.375 e. The van der Waals surface area contributed by atoms with Crippen LogP contribution in [0.1, 0.15) is 25.5 Å². The van der Waals surface area contributed by atoms with Gasteiger partial charge < -0.3 is 21.7 Å². The summed E-state index contributed by atoms with van der Waals surface area (Å²) >= 11 is 1.37. The van der Waals surface area contributed by atoms with E-state index in [2.05, 4.69) is 20.9 Å². The zero-order chi connectivity index (χ0) is 18.2. The topological polar surface area (TPSA) is 109 Å². The summed E-state index contributed by atoms with van der Waals surface area (Å²) < 4.78 is 13.8. The number of amides is 3. The normalized spacial score (nSPS) is 10.3. The molecule has 0 fully saturated rings. The summed E-state index contributed by atoms with van der Waals surface area (Å²) in [7, 11) is 0. The Morgan fingerprint density at radius 1 is 1.32 bits per heavy atom. The number of carbonyl (C=O) groups excluding carboxylic acids is 2. The third-order valence-corrected chi connectivity index (χ3v) is 4.01. The van der Waals surface area contributed by atoms with Gasteiger partial charge in [0.15, 0.2) is 5.13 Å². The van der Waals surface area contributed by atoms with E-state index in [1.54, 1.807) is 6.92 Å². The molecule has 0 bridgehead atoms. The number of nitrogens with two attached hydrogens (primary N) is 1. The molecule has 0 aliphatic carbocycles. The van der Waals surface area contributed by atoms with Crippen LogP contribution in [-0.2, 0) is 11.2 Å². The zero-order valence-corrected chi connectivity index (χ0v) is 14.6. The Kier molecular flexibility index (Phi) is 6.70. The molecule has 0 saturated carbocycles. The number of nitrogens with one attached hydrogen (secondary N) is 3. The maximum absolute atomic E-state index is 13.8. The molecule has 1 aromatic heterocycles. The van der Waals surface area contributed by atoms with E-state index in [4.69, 9.17) is 5.73 Å². The number of anilines is 3. The minimum atomic E-state index is -0.581. The largest absolute Gasteiger partial charge is 0.375 e. The van der Waals surface area contributed by atoms with Gasteiger partial charge in [0.25, 0.3) is 0 Å². The fraction of sp³-hybridized carbons (Fsp3) is 0.312. The van der Waals surface area contributed by atoms with Crippen molar-refractivity contribution in [3.05, 3.63) is 35.1 Å². The lowest BCUT2D eigenvalue weighted by Gasteiger charge is -2.10. The van der Waals surface area contributed by atoms with E-state index in [0.29, 0.717) is 36.6 Å². The van der Waals surface area contributed by atoms with E-state index in [1.807, 2.05) is 5.38 Å². The summed E-state index contributed by atoms with van der Waals surface area (Å²) in [4.78, 5) is 27.4. The number of halogens is 1. The quantitative estimate of drug-likeness (QED) is 0.566. The highest BCUT2D eigenvalue weighted by Gasteiger charge is 2.09. The molecule has 134 valence electrons. The van der Waals surface area contributed by atoms with Crippen molar-refractivity contribution in [1.82, 2.24) is 10.3 Å². The predicted octanol–water partition coefficient (Wildman–Crippen LogP) is 2.97. The molecule has 0 saturated heterocycles. The average Bonchev–Trinajstić information content (AvgIpc) is 3.00. The highest BCUT2D eigenvalue weighted by atomic mass is 32.1. The van der Waals surface area contributed by atoms with Crippen molar-refractivity contribution in [2.75, 3.05) is 22.9 Å². The van der Waals surface area contributed by atoms with Gasteiger partial charge in [-0.25, -0.2) is 14.2 Å². The summed E-state index contributed by atoms with van der Waals surface area (Å²) in [5.41, 5.74) is 6.85. The number of hydrogen-bond donors (Lipinski definition) is 4. The van der Waals surface area contributed by atoms with E-state index in [1.165, 1.54) is 29.5 Å². The second kappa shape index (κ2) is 8.97. The number of aromatic nitrogens is 1. The molecule has 2 rings (SSSR count). The van der Waals surface area contributed by atoms with Crippen molar-refractivity contribution in [2.24, 2.45) is 0 Å². The molecular weight excluding hydrogens is 345 g/mol. The first-order chi connectivity index (χ1) is 12.0. The van der Waals surface area contributed by atoms with Gasteiger partial charge >= 0.3 is 6.03 Å². The van der Waals surface area contributed by atoms with E-state index in [-0.39, 0.29) is 11.6 Å². The number of urea groups is 1. The molecule has 0 radical (unpaired) electrons. The number of nitrogens with zero attached hydrogens (tertiary/aromatic N) is 1. The lowest BCUT2D eigenvalue weighted by molar-refractivity contribution is -0.115. The molecule has 1 aromatic carbocycles. The molecule has 9 heteroatoms. The minimum absolute atomic E-state index is 0.00122. The molecule has 3 amide bonds. The van der Waals surface area contributed by atoms with Crippen molar-refractivity contribution in [2.45, 2.75) is 26.2 Å². The third-order valence-electron chi connectivity index (χ3n) is 3.28. The van der Waals surface area contributed by atoms with Gasteiger partial charge in [-0.15, -0.1) is 11.3 Å². The van der Waals surface area contributed by atoms with Gasteiger partial charge in [-0.1, -0.05) is 6.92 Å². The van der Waals surface area contributed by atoms with Gasteiger partial charge in [0.2, 0.25) is 5.91 Å². The van der Waals surface area contributed by atoms with Gasteiger partial charge in [0.1, 0.15) is 5.82 Å². The van der Waals surface area contributed by atoms with Crippen LogP contribution in [0.5, 0.6) is 0 Å². The number of thiazole rings is 1. The molecule has 1 heterocycles. The van der Waals surface area contributed by atoms with Crippen molar-refractivity contribution in [3.8, 4) is 0 Å². The molecular formula is C16H20FN5O2S. The molecule has 25 heavy (non-hydrogen) atoms. The summed E-state index contributed by atoms with van der Waals surface area (Å²) in [6.07, 6.45) is 1.69. The molecule has 7 nitrogen and oxygen atoms in total. The van der Waals surface area contributed by atoms with Crippen LogP contribution in [0.3, 0.4) is 0 Å². The van der Waals surface area contributed by atoms with Crippen LogP contribution in [0, 0.1) is 5.82 Å². The Balaban J connectivity index is 1.80. The SMILES string of the molecule is CCC(=O)Nc1ccc(F)c(NC(=O)NCCCc2csc(N)n2)c1. The molecule has 0 atom stereocenters. The van der Waals surface area contributed by atoms with Crippen LogP contribution >= 0.6 is 11.3 Å². The molecule has 5 N–H and O–H groups in total. The van der Waals surface area contributed by atoms with Crippen LogP contribution < -0.4 is 21.7 Å². The monoisotopic (exact) mass is 365 g/mol. The summed E-state index contributed by atoms with van der Waals surface area (Å²) in [5, 5.41) is 10.1. The standard InChI is InChI=1S/C16H20FN5O2S/c1-2-14(23)20-10-5-6-12(17)13(8-10)22-16(24)19-7-3-4-11-9-25-15(18)21-11/h5-6,8-9H,2-4,7H2,1H3,(H2,18,21)(H,20,23)(H2,19,22,24). The van der Waals surface area contributed by atoms with Gasteiger partial charge in [-0.05, 0) is 31.0 Å². The van der Waals surface area contributed by atoms with Gasteiger partial charge in [0.05, 0.1) is 11.4 Å². The number of aryl methyl sites for hydroxylation is 1. The first-order valence-electron chi connectivity index (χ1n) is 7.82. The van der Waals surface area contributed by atoms with Crippen molar-refractivity contribution in [1.29, 1.82) is 0 Å². The van der Waals surface area contributed by atoms with Gasteiger partial charge in [-0.2, -0.15) is 0 Å². The van der Waals surface area contributed by atoms with E-state index in [0.717, 1.165) is 5.69 Å². The van der Waals surface area contributed by atoms with Crippen LogP contribution in [0.15, 0.2) is 23.6 Å². The zero-order valence-electron chi connectivity index (χ0n) is 13.8. The highest BCUT2D eigenvalue weighted by Crippen LogP contribution is 2.19. The molecule has 0 unspecified atom stereocenters. The second-order valence-corrected chi connectivity index (χ2v) is 6.15. The van der Waals surface area contributed by atoms with Crippen molar-refractivity contribution >= 4 is 39.8 Å². The Morgan fingerprint density at radius 2 is 2.12 bits per heavy atom. The summed E-state index contributed by atoms with van der Waals surface area (Å²) in [6, 6.07) is 3.48. The maximum Gasteiger partial charge on any atom is 0.319 e. The average molecular weight is 365 g/mol. The lowest BCUT2D eigenvalue weighted by Crippen LogP contribution is -2.30. The number of carbonyl (C=O) groups is 2. The van der Waals surface area contributed by atoms with Crippen LogP contribution in [0.25, 0.3) is 0 Å². The third kappa shape index (κ3) is 6.03. The fourth-order valence-corrected chi connectivity index (χ4v) is 2.62. The fourth-order valence-electron chi connectivity index (χ4n) is 2.02. The highest BCUT2D eigenvalue weighted by molar-refractivity contribution is 7.13. The summed E-state index contributed by atoms with van der Waals surface area (Å²) in [6.45, 7) is 2.13. The maximum atomic E-state index is 13.8. The molecule has 0 aliphatic rings. The van der Waals surface area contributed by atoms with Crippen LogP contribution in [-0.4, -0.2) is 23.5 Å². The molecule has 2 aromatic rings.